The maximum Gasteiger partial charge on any atom is 1.00 e. The van der Waals surface area contributed by atoms with E-state index in [9.17, 15) is 13.6 Å². The van der Waals surface area contributed by atoms with Gasteiger partial charge in [-0.2, -0.15) is 13.1 Å². The van der Waals surface area contributed by atoms with Crippen LogP contribution in [0.1, 0.15) is 0 Å². The van der Waals surface area contributed by atoms with Crippen molar-refractivity contribution in [1.29, 1.82) is 0 Å². The summed E-state index contributed by atoms with van der Waals surface area (Å²) in [5.74, 6) is -1.82. The van der Waals surface area contributed by atoms with Gasteiger partial charge in [-0.05, 0) is 0 Å². The van der Waals surface area contributed by atoms with Crippen molar-refractivity contribution >= 4 is 18.0 Å². The van der Waals surface area contributed by atoms with Crippen LogP contribution in [0.5, 0.6) is 0 Å². The molecule has 0 aliphatic carbocycles. The molecule has 0 rings (SSSR count). The third-order valence-electron chi connectivity index (χ3n) is 0.589. The minimum Gasteiger partial charge on any atom is -0.691 e. The predicted octanol–water partition coefficient (Wildman–Crippen LogP) is -3.37. The van der Waals surface area contributed by atoms with E-state index in [0.29, 0.717) is 0 Å². The maximum absolute atomic E-state index is 12.1. The van der Waals surface area contributed by atoms with Gasteiger partial charge in [-0.15, -0.1) is 0 Å². The molecule has 0 aliphatic heterocycles. The molecule has 0 unspecified atom stereocenters. The fourth-order valence-electron chi connectivity index (χ4n) is 0.209. The van der Waals surface area contributed by atoms with E-state index >= 15 is 0 Å². The van der Waals surface area contributed by atoms with Crippen LogP contribution in [0.4, 0.5) is 8.78 Å². The molecule has 0 spiro atoms. The average Bonchev–Trinajstić information content (AvgIpc) is 1.99. The molecule has 0 amide bonds. The molecular weight excluding hydrogens is 209 g/mol. The van der Waals surface area contributed by atoms with Gasteiger partial charge in [0.1, 0.15) is 12.0 Å². The van der Waals surface area contributed by atoms with Gasteiger partial charge in [-0.25, -0.2) is 4.79 Å². The van der Waals surface area contributed by atoms with Crippen molar-refractivity contribution in [3.63, 3.8) is 0 Å². The smallest absolute Gasteiger partial charge is 0.691 e. The summed E-state index contributed by atoms with van der Waals surface area (Å²) in [6.07, 6.45) is 0. The Bertz CT molecular complexity index is 145. The van der Waals surface area contributed by atoms with Gasteiger partial charge in [0.05, 0.1) is 7.11 Å². The molecule has 0 fully saturated rings. The summed E-state index contributed by atoms with van der Waals surface area (Å²) in [6.45, 7) is 0. The normalized spacial score (nSPS) is 10.3. The molecule has 0 aromatic carbocycles. The fourth-order valence-corrected chi connectivity index (χ4v) is 0.474. The summed E-state index contributed by atoms with van der Waals surface area (Å²) >= 11 is -0.731. The second-order valence-corrected chi connectivity index (χ2v) is 2.04. The summed E-state index contributed by atoms with van der Waals surface area (Å²) in [4.78, 5) is 10.1. The Hall–Kier alpha value is 0.560. The standard InChI is InChI=1S/C3H4F2O5S.Na/c1-8-2(6)3(4,5)11-10-9-7;/h7H,1H3;/q;+1/p-1. The van der Waals surface area contributed by atoms with Gasteiger partial charge in [0.15, 0.2) is 0 Å². The summed E-state index contributed by atoms with van der Waals surface area (Å²) < 4.78 is 31.2. The molecule has 0 radical (unpaired) electrons. The van der Waals surface area contributed by atoms with Crippen LogP contribution in [0.25, 0.3) is 0 Å². The molecule has 0 aromatic heterocycles. The summed E-state index contributed by atoms with van der Waals surface area (Å²) in [7, 11) is 0.773. The molecule has 0 aromatic rings. The first kappa shape index (κ1) is 15.1. The summed E-state index contributed by atoms with van der Waals surface area (Å²) in [6, 6.07) is 0. The minimum absolute atomic E-state index is 0. The number of halogens is 2. The van der Waals surface area contributed by atoms with E-state index in [4.69, 9.17) is 5.26 Å². The molecule has 66 valence electrons. The zero-order chi connectivity index (χ0) is 8.91. The van der Waals surface area contributed by atoms with Crippen LogP contribution in [0.2, 0.25) is 0 Å². The van der Waals surface area contributed by atoms with E-state index in [1.165, 1.54) is 0 Å². The molecule has 9 heteroatoms. The van der Waals surface area contributed by atoms with Crippen molar-refractivity contribution in [2.75, 3.05) is 7.11 Å². The molecule has 0 saturated carbocycles. The van der Waals surface area contributed by atoms with Crippen LogP contribution in [0.15, 0.2) is 0 Å². The Labute approximate surface area is 92.7 Å². The van der Waals surface area contributed by atoms with Crippen molar-refractivity contribution in [2.24, 2.45) is 0 Å². The van der Waals surface area contributed by atoms with Gasteiger partial charge in [0.25, 0.3) is 0 Å². The first-order chi connectivity index (χ1) is 5.04. The molecule has 0 aliphatic rings. The molecule has 0 bridgehead atoms. The van der Waals surface area contributed by atoms with Gasteiger partial charge in [-0.3, -0.25) is 5.04 Å². The number of hydrogen-bond acceptors (Lipinski definition) is 6. The second kappa shape index (κ2) is 7.01. The zero-order valence-corrected chi connectivity index (χ0v) is 9.02. The molecule has 5 nitrogen and oxygen atoms in total. The van der Waals surface area contributed by atoms with Crippen LogP contribution in [-0.2, 0) is 18.9 Å². The third-order valence-corrected chi connectivity index (χ3v) is 1.09. The molecule has 0 heterocycles. The maximum atomic E-state index is 12.1. The van der Waals surface area contributed by atoms with Gasteiger partial charge >= 0.3 is 40.8 Å². The number of ether oxygens (including phenoxy) is 1. The molecule has 0 N–H and O–H groups in total. The summed E-state index contributed by atoms with van der Waals surface area (Å²) in [5, 5.41) is 7.73. The quantitative estimate of drug-likeness (QED) is 0.159. The molecule has 0 atom stereocenters. The Kier molecular flexibility index (Phi) is 8.79. The van der Waals surface area contributed by atoms with Crippen LogP contribution in [-0.4, -0.2) is 18.3 Å². The Morgan fingerprint density at radius 1 is 1.58 bits per heavy atom. The number of carbonyl (C=O) groups is 1. The first-order valence-corrected chi connectivity index (χ1v) is 2.89. The topological polar surface area (TPSA) is 67.8 Å². The zero-order valence-electron chi connectivity index (χ0n) is 6.21. The fraction of sp³-hybridized carbons (Fsp3) is 0.667. The van der Waals surface area contributed by atoms with Crippen LogP contribution in [0, 0.1) is 0 Å². The largest absolute Gasteiger partial charge is 1.00 e. The predicted molar refractivity (Wildman–Crippen MR) is 26.7 cm³/mol. The van der Waals surface area contributed by atoms with Gasteiger partial charge < -0.3 is 9.99 Å². The minimum atomic E-state index is -3.93. The van der Waals surface area contributed by atoms with Crippen molar-refractivity contribution < 1.29 is 62.5 Å². The summed E-state index contributed by atoms with van der Waals surface area (Å²) in [5.41, 5.74) is 0. The van der Waals surface area contributed by atoms with Crippen molar-refractivity contribution in [2.45, 2.75) is 5.25 Å². The number of carbonyl (C=O) groups excluding carboxylic acids is 1. The van der Waals surface area contributed by atoms with Crippen LogP contribution in [0.3, 0.4) is 0 Å². The van der Waals surface area contributed by atoms with Gasteiger partial charge in [-0.1, -0.05) is 0 Å². The van der Waals surface area contributed by atoms with Crippen molar-refractivity contribution in [3.8, 4) is 0 Å². The number of rotatable bonds is 4. The van der Waals surface area contributed by atoms with Crippen molar-refractivity contribution in [3.05, 3.63) is 0 Å². The SMILES string of the molecule is COC(=O)C(F)(F)SOO[O-].[Na+]. The van der Waals surface area contributed by atoms with Crippen molar-refractivity contribution in [1.82, 2.24) is 0 Å². The Morgan fingerprint density at radius 2 is 2.08 bits per heavy atom. The van der Waals surface area contributed by atoms with E-state index in [0.717, 1.165) is 7.11 Å². The molecule has 12 heavy (non-hydrogen) atoms. The second-order valence-electron chi connectivity index (χ2n) is 1.23. The van der Waals surface area contributed by atoms with E-state index in [-0.39, 0.29) is 29.6 Å². The van der Waals surface area contributed by atoms with E-state index in [1.54, 1.807) is 0 Å². The number of hydrogen-bond donors (Lipinski definition) is 0. The van der Waals surface area contributed by atoms with Gasteiger partial charge in [0, 0.05) is 0 Å². The van der Waals surface area contributed by atoms with E-state index in [2.05, 4.69) is 14.1 Å². The number of alkyl halides is 2. The monoisotopic (exact) mass is 212 g/mol. The number of methoxy groups -OCH3 is 1. The molecule has 0 saturated heterocycles. The Balaban J connectivity index is 0. The average molecular weight is 212 g/mol. The molecular formula is C3H3F2NaO5S. The van der Waals surface area contributed by atoms with Crippen LogP contribution < -0.4 is 34.8 Å². The Morgan fingerprint density at radius 3 is 2.42 bits per heavy atom. The third kappa shape index (κ3) is 5.25. The van der Waals surface area contributed by atoms with E-state index < -0.39 is 23.3 Å². The van der Waals surface area contributed by atoms with Gasteiger partial charge in [0.2, 0.25) is 0 Å². The number of esters is 1. The first-order valence-electron chi connectivity index (χ1n) is 2.15. The van der Waals surface area contributed by atoms with Crippen LogP contribution >= 0.6 is 12.0 Å². The van der Waals surface area contributed by atoms with E-state index in [1.807, 2.05) is 0 Å².